The summed E-state index contributed by atoms with van der Waals surface area (Å²) in [5, 5.41) is 0.204. The zero-order chi connectivity index (χ0) is 27.0. The number of amides is 4. The molecule has 3 aromatic rings. The van der Waals surface area contributed by atoms with E-state index in [2.05, 4.69) is 10.9 Å². The SMILES string of the molecule is C[C@H](C(=O)NNC(=O)c1ccccc1Cl)N1C(=O)[C@@H]2[C@@H](C1=O)C1(Cl)c3ccccc3C2(Cl)c2ccccc21. The van der Waals surface area contributed by atoms with Gasteiger partial charge in [-0.05, 0) is 41.3 Å². The van der Waals surface area contributed by atoms with E-state index in [1.807, 2.05) is 48.5 Å². The van der Waals surface area contributed by atoms with Gasteiger partial charge in [0.25, 0.3) is 11.8 Å². The summed E-state index contributed by atoms with van der Waals surface area (Å²) in [6.07, 6.45) is 0. The molecule has 192 valence electrons. The Kier molecular flexibility index (Phi) is 5.61. The van der Waals surface area contributed by atoms with Crippen molar-refractivity contribution < 1.29 is 19.2 Å². The van der Waals surface area contributed by atoms with Crippen molar-refractivity contribution >= 4 is 58.4 Å². The number of hydrogen-bond acceptors (Lipinski definition) is 4. The summed E-state index contributed by atoms with van der Waals surface area (Å²) in [6.45, 7) is 1.41. The Morgan fingerprint density at radius 3 is 1.63 bits per heavy atom. The molecule has 3 atom stereocenters. The number of likely N-dealkylation sites (tertiary alicyclic amines) is 1. The maximum Gasteiger partial charge on any atom is 0.271 e. The lowest BCUT2D eigenvalue weighted by Crippen LogP contribution is -2.57. The lowest BCUT2D eigenvalue weighted by molar-refractivity contribution is -0.147. The van der Waals surface area contributed by atoms with E-state index in [9.17, 15) is 19.2 Å². The van der Waals surface area contributed by atoms with Gasteiger partial charge in [0.2, 0.25) is 11.8 Å². The van der Waals surface area contributed by atoms with Crippen LogP contribution in [0.4, 0.5) is 0 Å². The molecule has 10 heteroatoms. The van der Waals surface area contributed by atoms with Crippen LogP contribution in [0.3, 0.4) is 0 Å². The molecule has 2 N–H and O–H groups in total. The number of alkyl halides is 2. The fourth-order valence-electron chi connectivity index (χ4n) is 6.12. The number of halogens is 3. The summed E-state index contributed by atoms with van der Waals surface area (Å²) < 4.78 is 0. The first kappa shape index (κ1) is 24.9. The summed E-state index contributed by atoms with van der Waals surface area (Å²) in [5.74, 6) is -4.64. The quantitative estimate of drug-likeness (QED) is 0.283. The number of nitrogens with zero attached hydrogens (tertiary/aromatic N) is 1. The summed E-state index contributed by atoms with van der Waals surface area (Å²) in [7, 11) is 0. The molecule has 1 heterocycles. The van der Waals surface area contributed by atoms with E-state index in [1.165, 1.54) is 13.0 Å². The first-order valence-electron chi connectivity index (χ1n) is 11.9. The van der Waals surface area contributed by atoms with E-state index in [0.717, 1.165) is 4.90 Å². The maximum absolute atomic E-state index is 13.9. The van der Waals surface area contributed by atoms with Crippen molar-refractivity contribution in [2.24, 2.45) is 11.8 Å². The van der Waals surface area contributed by atoms with Crippen molar-refractivity contribution in [2.45, 2.75) is 22.7 Å². The number of carbonyl (C=O) groups is 4. The second-order valence-corrected chi connectivity index (χ2v) is 11.2. The largest absolute Gasteiger partial charge is 0.274 e. The van der Waals surface area contributed by atoms with Gasteiger partial charge in [0, 0.05) is 0 Å². The van der Waals surface area contributed by atoms with E-state index in [-0.39, 0.29) is 10.6 Å². The molecule has 0 unspecified atom stereocenters. The maximum atomic E-state index is 13.9. The Hall–Kier alpha value is -3.39. The van der Waals surface area contributed by atoms with Crippen LogP contribution in [0.5, 0.6) is 0 Å². The van der Waals surface area contributed by atoms with Gasteiger partial charge in [0.05, 0.1) is 22.4 Å². The minimum Gasteiger partial charge on any atom is -0.274 e. The molecule has 2 bridgehead atoms. The Bertz CT molecular complexity index is 1440. The Labute approximate surface area is 233 Å². The highest BCUT2D eigenvalue weighted by molar-refractivity contribution is 6.36. The van der Waals surface area contributed by atoms with Crippen LogP contribution in [0.25, 0.3) is 0 Å². The Morgan fingerprint density at radius 1 is 0.763 bits per heavy atom. The highest BCUT2D eigenvalue weighted by Gasteiger charge is 2.73. The van der Waals surface area contributed by atoms with Gasteiger partial charge in [-0.25, -0.2) is 0 Å². The average molecular weight is 569 g/mol. The van der Waals surface area contributed by atoms with Crippen LogP contribution in [0.15, 0.2) is 72.8 Å². The summed E-state index contributed by atoms with van der Waals surface area (Å²) in [6, 6.07) is 19.7. The third-order valence-corrected chi connectivity index (χ3v) is 9.42. The average Bonchev–Trinajstić information content (AvgIpc) is 3.20. The standard InChI is InChI=1S/C28H20Cl3N3O4/c1-14(23(35)32-33-24(36)15-8-2-7-13-20(15)29)34-25(37)21-22(26(34)38)28(31)17-10-4-3-9-16(17)27(21,30)18-11-5-6-12-19(18)28/h2-14,21-22H,1H3,(H,32,35)(H,33,36)/t14-,21+,22+,27?,28?/m1/s1. The molecule has 7 nitrogen and oxygen atoms in total. The number of rotatable bonds is 3. The summed E-state index contributed by atoms with van der Waals surface area (Å²) >= 11 is 20.8. The minimum atomic E-state index is -1.34. The molecule has 3 aliphatic carbocycles. The lowest BCUT2D eigenvalue weighted by Gasteiger charge is -2.54. The smallest absolute Gasteiger partial charge is 0.271 e. The van der Waals surface area contributed by atoms with Gasteiger partial charge in [-0.2, -0.15) is 0 Å². The third-order valence-electron chi connectivity index (χ3n) is 7.80. The van der Waals surface area contributed by atoms with Crippen LogP contribution in [0.2, 0.25) is 5.02 Å². The van der Waals surface area contributed by atoms with Crippen LogP contribution in [-0.2, 0) is 24.1 Å². The monoisotopic (exact) mass is 567 g/mol. The molecule has 7 rings (SSSR count). The molecule has 4 aliphatic rings. The molecule has 0 saturated carbocycles. The van der Waals surface area contributed by atoms with Crippen LogP contribution in [-0.4, -0.2) is 34.6 Å². The van der Waals surface area contributed by atoms with Gasteiger partial charge in [0.1, 0.15) is 15.8 Å². The zero-order valence-corrected chi connectivity index (χ0v) is 22.1. The van der Waals surface area contributed by atoms with Crippen molar-refractivity contribution in [3.63, 3.8) is 0 Å². The topological polar surface area (TPSA) is 95.6 Å². The normalized spacial score (nSPS) is 27.3. The first-order chi connectivity index (χ1) is 18.1. The molecule has 1 aliphatic heterocycles. The van der Waals surface area contributed by atoms with Crippen molar-refractivity contribution in [1.82, 2.24) is 15.8 Å². The number of carbonyl (C=O) groups excluding carboxylic acids is 4. The van der Waals surface area contributed by atoms with E-state index >= 15 is 0 Å². The molecule has 38 heavy (non-hydrogen) atoms. The molecule has 0 radical (unpaired) electrons. The molecule has 3 aromatic carbocycles. The minimum absolute atomic E-state index is 0.154. The molecule has 1 fully saturated rings. The lowest BCUT2D eigenvalue weighted by atomic mass is 9.54. The number of benzene rings is 3. The summed E-state index contributed by atoms with van der Waals surface area (Å²) in [4.78, 5) is 51.6. The van der Waals surface area contributed by atoms with Crippen molar-refractivity contribution in [1.29, 1.82) is 0 Å². The van der Waals surface area contributed by atoms with Gasteiger partial charge in [-0.15, -0.1) is 23.2 Å². The van der Waals surface area contributed by atoms with Gasteiger partial charge in [-0.3, -0.25) is 34.9 Å². The molecular formula is C28H20Cl3N3O4. The first-order valence-corrected chi connectivity index (χ1v) is 13.1. The van der Waals surface area contributed by atoms with E-state index < -0.39 is 51.3 Å². The predicted molar refractivity (Wildman–Crippen MR) is 142 cm³/mol. The fraction of sp³-hybridized carbons (Fsp3) is 0.214. The number of hydrogen-bond donors (Lipinski definition) is 2. The van der Waals surface area contributed by atoms with Gasteiger partial charge >= 0.3 is 0 Å². The molecule has 0 spiro atoms. The number of imide groups is 1. The summed E-state index contributed by atoms with van der Waals surface area (Å²) in [5.41, 5.74) is 7.41. The molecule has 4 amide bonds. The Morgan fingerprint density at radius 2 is 1.18 bits per heavy atom. The number of nitrogens with one attached hydrogen (secondary N) is 2. The second kappa shape index (κ2) is 8.56. The fourth-order valence-corrected chi connectivity index (χ4v) is 7.44. The van der Waals surface area contributed by atoms with Crippen LogP contribution in [0, 0.1) is 11.8 Å². The van der Waals surface area contributed by atoms with Crippen molar-refractivity contribution in [3.05, 3.63) is 106 Å². The molecular weight excluding hydrogens is 549 g/mol. The molecule has 1 saturated heterocycles. The van der Waals surface area contributed by atoms with Crippen LogP contribution in [0.1, 0.15) is 39.5 Å². The van der Waals surface area contributed by atoms with Crippen LogP contribution >= 0.6 is 34.8 Å². The van der Waals surface area contributed by atoms with E-state index in [0.29, 0.717) is 22.3 Å². The second-order valence-electron chi connectivity index (χ2n) is 9.62. The van der Waals surface area contributed by atoms with Gasteiger partial charge in [0.15, 0.2) is 0 Å². The third kappa shape index (κ3) is 3.09. The predicted octanol–water partition coefficient (Wildman–Crippen LogP) is 4.08. The Balaban J connectivity index is 1.34. The van der Waals surface area contributed by atoms with E-state index in [4.69, 9.17) is 34.8 Å². The van der Waals surface area contributed by atoms with Crippen molar-refractivity contribution in [3.8, 4) is 0 Å². The van der Waals surface area contributed by atoms with Crippen LogP contribution < -0.4 is 10.9 Å². The zero-order valence-electron chi connectivity index (χ0n) is 19.9. The molecule has 0 aromatic heterocycles. The van der Waals surface area contributed by atoms with E-state index in [1.54, 1.807) is 18.2 Å². The van der Waals surface area contributed by atoms with Crippen molar-refractivity contribution in [2.75, 3.05) is 0 Å². The highest BCUT2D eigenvalue weighted by atomic mass is 35.5. The van der Waals surface area contributed by atoms with Gasteiger partial charge in [-0.1, -0.05) is 72.3 Å². The highest BCUT2D eigenvalue weighted by Crippen LogP contribution is 2.69. The van der Waals surface area contributed by atoms with Gasteiger partial charge < -0.3 is 0 Å². The number of hydrazine groups is 1.